The molecule has 1 aliphatic heterocycles. The molecular weight excluding hydrogens is 467 g/mol. The largest absolute Gasteiger partial charge is 0.478 e. The van der Waals surface area contributed by atoms with Crippen LogP contribution in [0.4, 0.5) is 9.52 Å². The molecular formula is C22H25FN4O6S. The van der Waals surface area contributed by atoms with Crippen molar-refractivity contribution in [2.75, 3.05) is 18.5 Å². The van der Waals surface area contributed by atoms with Crippen molar-refractivity contribution in [1.82, 2.24) is 15.5 Å². The second-order valence-corrected chi connectivity index (χ2v) is 9.01. The predicted octanol–water partition coefficient (Wildman–Crippen LogP) is 2.57. The Labute approximate surface area is 198 Å². The molecule has 1 aliphatic carbocycles. The van der Waals surface area contributed by atoms with Crippen LogP contribution in [0.3, 0.4) is 0 Å². The number of amides is 1. The number of halogens is 1. The van der Waals surface area contributed by atoms with Crippen LogP contribution in [0.15, 0.2) is 30.4 Å². The molecule has 1 saturated carbocycles. The van der Waals surface area contributed by atoms with Crippen molar-refractivity contribution in [3.05, 3.63) is 52.3 Å². The molecule has 4 rings (SSSR count). The first-order valence-corrected chi connectivity index (χ1v) is 11.4. The van der Waals surface area contributed by atoms with Gasteiger partial charge in [-0.05, 0) is 49.9 Å². The summed E-state index contributed by atoms with van der Waals surface area (Å²) in [5.74, 6) is -2.94. The van der Waals surface area contributed by atoms with E-state index in [1.165, 1.54) is 23.5 Å². The van der Waals surface area contributed by atoms with Gasteiger partial charge < -0.3 is 20.3 Å². The van der Waals surface area contributed by atoms with Gasteiger partial charge in [0.05, 0.1) is 0 Å². The second kappa shape index (κ2) is 11.8. The number of hydrogen-bond acceptors (Lipinski definition) is 8. The molecule has 2 unspecified atom stereocenters. The highest BCUT2D eigenvalue weighted by Gasteiger charge is 2.41. The standard InChI is InChI=1S/C18H21FN4O2S.C4H4O4/c1-10-22-23-18(26-10)21-17(24)11-2-3-15(19)13(8-11)14-9-16(14)20-12-4-6-25-7-5-12;5-3(6)1-2-4(7)8/h2-3,8,12,14,16,20H,4-7,9H2,1H3,(H,21,23,24);1-2H,(H,5,6)(H,7,8). The number of carboxylic acid groups (broad SMARTS) is 2. The van der Waals surface area contributed by atoms with E-state index >= 15 is 0 Å². The predicted molar refractivity (Wildman–Crippen MR) is 122 cm³/mol. The monoisotopic (exact) mass is 492 g/mol. The number of carbonyl (C=O) groups excluding carboxylic acids is 1. The van der Waals surface area contributed by atoms with E-state index in [0.717, 1.165) is 37.5 Å². The number of hydrogen-bond donors (Lipinski definition) is 4. The van der Waals surface area contributed by atoms with Crippen LogP contribution in [-0.4, -0.2) is 63.6 Å². The summed E-state index contributed by atoms with van der Waals surface area (Å²) < 4.78 is 19.7. The summed E-state index contributed by atoms with van der Waals surface area (Å²) >= 11 is 1.31. The third-order valence-electron chi connectivity index (χ3n) is 5.23. The number of benzene rings is 1. The summed E-state index contributed by atoms with van der Waals surface area (Å²) in [5.41, 5.74) is 1.04. The highest BCUT2D eigenvalue weighted by molar-refractivity contribution is 7.15. The Kier molecular flexibility index (Phi) is 8.79. The molecule has 2 heterocycles. The summed E-state index contributed by atoms with van der Waals surface area (Å²) in [6.07, 6.45) is 4.00. The van der Waals surface area contributed by atoms with Crippen LogP contribution in [-0.2, 0) is 14.3 Å². The van der Waals surface area contributed by atoms with Crippen LogP contribution < -0.4 is 10.6 Å². The SMILES string of the molecule is Cc1nnc(NC(=O)c2ccc(F)c(C3CC3NC3CCOCC3)c2)s1.O=C(O)C=CC(=O)O. The molecule has 0 spiro atoms. The lowest BCUT2D eigenvalue weighted by atomic mass is 10.0. The summed E-state index contributed by atoms with van der Waals surface area (Å²) in [5, 5.41) is 30.9. The van der Waals surface area contributed by atoms with E-state index < -0.39 is 11.9 Å². The zero-order valence-electron chi connectivity index (χ0n) is 18.4. The molecule has 0 bridgehead atoms. The summed E-state index contributed by atoms with van der Waals surface area (Å²) in [6.45, 7) is 3.39. The Bertz CT molecular complexity index is 1050. The lowest BCUT2D eigenvalue weighted by Crippen LogP contribution is -2.36. The lowest BCUT2D eigenvalue weighted by molar-refractivity contribution is -0.134. The van der Waals surface area contributed by atoms with Crippen LogP contribution in [0.25, 0.3) is 0 Å². The number of aryl methyl sites for hydroxylation is 1. The van der Waals surface area contributed by atoms with Gasteiger partial charge in [0.1, 0.15) is 10.8 Å². The molecule has 0 radical (unpaired) electrons. The minimum absolute atomic E-state index is 0.120. The quantitative estimate of drug-likeness (QED) is 0.428. The molecule has 2 aliphatic rings. The fourth-order valence-corrected chi connectivity index (χ4v) is 4.10. The number of rotatable bonds is 7. The Hall–Kier alpha value is -3.22. The first-order valence-electron chi connectivity index (χ1n) is 10.6. The maximum atomic E-state index is 14.3. The van der Waals surface area contributed by atoms with Crippen molar-refractivity contribution in [3.8, 4) is 0 Å². The van der Waals surface area contributed by atoms with Gasteiger partial charge in [0.25, 0.3) is 5.91 Å². The molecule has 10 nitrogen and oxygen atoms in total. The molecule has 1 amide bonds. The Morgan fingerprint density at radius 2 is 1.82 bits per heavy atom. The van der Waals surface area contributed by atoms with Gasteiger partial charge in [-0.15, -0.1) is 10.2 Å². The first-order chi connectivity index (χ1) is 16.2. The smallest absolute Gasteiger partial charge is 0.328 e. The lowest BCUT2D eigenvalue weighted by Gasteiger charge is -2.23. The molecule has 2 aromatic rings. The van der Waals surface area contributed by atoms with Gasteiger partial charge in [0.2, 0.25) is 5.13 Å². The number of nitrogens with zero attached hydrogens (tertiary/aromatic N) is 2. The third-order valence-corrected chi connectivity index (χ3v) is 5.99. The topological polar surface area (TPSA) is 151 Å². The molecule has 2 atom stereocenters. The average Bonchev–Trinajstić information content (AvgIpc) is 3.43. The van der Waals surface area contributed by atoms with Gasteiger partial charge in [-0.3, -0.25) is 10.1 Å². The van der Waals surface area contributed by atoms with E-state index in [2.05, 4.69) is 20.8 Å². The fraction of sp³-hybridized carbons (Fsp3) is 0.409. The van der Waals surface area contributed by atoms with Crippen molar-refractivity contribution in [1.29, 1.82) is 0 Å². The van der Waals surface area contributed by atoms with Crippen LogP contribution in [0.2, 0.25) is 0 Å². The molecule has 2 fully saturated rings. The van der Waals surface area contributed by atoms with Gasteiger partial charge in [-0.25, -0.2) is 14.0 Å². The summed E-state index contributed by atoms with van der Waals surface area (Å²) in [7, 11) is 0. The molecule has 182 valence electrons. The van der Waals surface area contributed by atoms with Crippen molar-refractivity contribution in [3.63, 3.8) is 0 Å². The van der Waals surface area contributed by atoms with Crippen molar-refractivity contribution in [2.24, 2.45) is 0 Å². The van der Waals surface area contributed by atoms with Gasteiger partial charge >= 0.3 is 11.9 Å². The van der Waals surface area contributed by atoms with Gasteiger partial charge in [-0.2, -0.15) is 0 Å². The van der Waals surface area contributed by atoms with E-state index in [0.29, 0.717) is 34.5 Å². The summed E-state index contributed by atoms with van der Waals surface area (Å²) in [6, 6.07) is 5.25. The number of aromatic nitrogens is 2. The van der Waals surface area contributed by atoms with Crippen molar-refractivity contribution < 1.29 is 33.7 Å². The van der Waals surface area contributed by atoms with Gasteiger partial charge in [-0.1, -0.05) is 11.3 Å². The summed E-state index contributed by atoms with van der Waals surface area (Å²) in [4.78, 5) is 31.5. The van der Waals surface area contributed by atoms with E-state index in [1.807, 2.05) is 6.92 Å². The zero-order valence-corrected chi connectivity index (χ0v) is 19.2. The second-order valence-electron chi connectivity index (χ2n) is 7.83. The highest BCUT2D eigenvalue weighted by Crippen LogP contribution is 2.43. The van der Waals surface area contributed by atoms with Crippen LogP contribution in [0.1, 0.15) is 46.1 Å². The molecule has 34 heavy (non-hydrogen) atoms. The highest BCUT2D eigenvalue weighted by atomic mass is 32.1. The number of aliphatic carboxylic acids is 2. The number of ether oxygens (including phenoxy) is 1. The third kappa shape index (κ3) is 7.68. The molecule has 4 N–H and O–H groups in total. The van der Waals surface area contributed by atoms with E-state index in [1.54, 1.807) is 6.07 Å². The van der Waals surface area contributed by atoms with Gasteiger partial charge in [0.15, 0.2) is 0 Å². The van der Waals surface area contributed by atoms with Gasteiger partial charge in [0, 0.05) is 48.9 Å². The Balaban J connectivity index is 0.000000350. The minimum atomic E-state index is -1.26. The number of carbonyl (C=O) groups is 3. The minimum Gasteiger partial charge on any atom is -0.478 e. The maximum Gasteiger partial charge on any atom is 0.328 e. The molecule has 12 heteroatoms. The molecule has 1 aromatic heterocycles. The Morgan fingerprint density at radius 3 is 2.41 bits per heavy atom. The van der Waals surface area contributed by atoms with Crippen molar-refractivity contribution in [2.45, 2.75) is 44.2 Å². The fourth-order valence-electron chi connectivity index (χ4n) is 3.52. The number of nitrogens with one attached hydrogen (secondary N) is 2. The van der Waals surface area contributed by atoms with Crippen LogP contribution in [0, 0.1) is 12.7 Å². The number of carboxylic acids is 2. The maximum absolute atomic E-state index is 14.3. The average molecular weight is 493 g/mol. The number of anilines is 1. The zero-order chi connectivity index (χ0) is 24.7. The first kappa shape index (κ1) is 25.4. The molecule has 1 aromatic carbocycles. The Morgan fingerprint density at radius 1 is 1.15 bits per heavy atom. The van der Waals surface area contributed by atoms with Crippen molar-refractivity contribution >= 4 is 34.3 Å². The van der Waals surface area contributed by atoms with Crippen LogP contribution in [0.5, 0.6) is 0 Å². The van der Waals surface area contributed by atoms with E-state index in [4.69, 9.17) is 14.9 Å². The normalized spacial score (nSPS) is 19.8. The van der Waals surface area contributed by atoms with E-state index in [-0.39, 0.29) is 23.7 Å². The van der Waals surface area contributed by atoms with Crippen LogP contribution >= 0.6 is 11.3 Å². The molecule has 1 saturated heterocycles. The van der Waals surface area contributed by atoms with E-state index in [9.17, 15) is 18.8 Å².